The Morgan fingerprint density at radius 3 is 2.17 bits per heavy atom. The van der Waals surface area contributed by atoms with E-state index in [-0.39, 0.29) is 18.8 Å². The van der Waals surface area contributed by atoms with Crippen molar-refractivity contribution in [2.45, 2.75) is 32.1 Å². The minimum atomic E-state index is -1.03. The molecule has 0 aromatic carbocycles. The van der Waals surface area contributed by atoms with Crippen LogP contribution in [0.3, 0.4) is 0 Å². The first-order chi connectivity index (χ1) is 8.49. The lowest BCUT2D eigenvalue weighted by atomic mass is 10.1. The first-order valence-corrected chi connectivity index (χ1v) is 5.86. The zero-order chi connectivity index (χ0) is 14.0. The molecule has 0 aliphatic carbocycles. The third kappa shape index (κ3) is 7.62. The molecule has 0 unspecified atom stereocenters. The predicted molar refractivity (Wildman–Crippen MR) is 67.0 cm³/mol. The standard InChI is InChI=1S/C13H20O5/c1-10(12(15)16)7-5-9-18-13(17)11(2)6-3-4-8-14/h14H,1-9H2,(H,15,16). The summed E-state index contributed by atoms with van der Waals surface area (Å²) in [5.41, 5.74) is 0.480. The topological polar surface area (TPSA) is 83.8 Å². The predicted octanol–water partition coefficient (Wildman–Crippen LogP) is 1.67. The highest BCUT2D eigenvalue weighted by Crippen LogP contribution is 2.08. The Balaban J connectivity index is 3.67. The largest absolute Gasteiger partial charge is 0.478 e. The van der Waals surface area contributed by atoms with E-state index in [9.17, 15) is 9.59 Å². The van der Waals surface area contributed by atoms with Crippen LogP contribution in [0.1, 0.15) is 32.1 Å². The van der Waals surface area contributed by atoms with Crippen molar-refractivity contribution < 1.29 is 24.5 Å². The highest BCUT2D eigenvalue weighted by molar-refractivity contribution is 5.87. The Morgan fingerprint density at radius 2 is 1.61 bits per heavy atom. The number of aliphatic hydroxyl groups excluding tert-OH is 1. The zero-order valence-electron chi connectivity index (χ0n) is 10.5. The van der Waals surface area contributed by atoms with Gasteiger partial charge in [0, 0.05) is 17.8 Å². The number of carbonyl (C=O) groups is 2. The summed E-state index contributed by atoms with van der Waals surface area (Å²) in [6.07, 6.45) is 2.55. The van der Waals surface area contributed by atoms with Crippen LogP contribution in [0.5, 0.6) is 0 Å². The van der Waals surface area contributed by atoms with Crippen molar-refractivity contribution in [3.8, 4) is 0 Å². The minimum absolute atomic E-state index is 0.0969. The van der Waals surface area contributed by atoms with Crippen molar-refractivity contribution in [1.82, 2.24) is 0 Å². The van der Waals surface area contributed by atoms with Gasteiger partial charge < -0.3 is 14.9 Å². The molecule has 0 rings (SSSR count). The van der Waals surface area contributed by atoms with E-state index < -0.39 is 11.9 Å². The van der Waals surface area contributed by atoms with Crippen LogP contribution in [-0.4, -0.2) is 35.4 Å². The van der Waals surface area contributed by atoms with Crippen molar-refractivity contribution in [3.05, 3.63) is 24.3 Å². The van der Waals surface area contributed by atoms with Gasteiger partial charge in [-0.05, 0) is 32.1 Å². The van der Waals surface area contributed by atoms with Crippen LogP contribution < -0.4 is 0 Å². The Bertz CT molecular complexity index is 319. The number of aliphatic hydroxyl groups is 1. The number of aliphatic carboxylic acids is 1. The quantitative estimate of drug-likeness (QED) is 0.353. The monoisotopic (exact) mass is 256 g/mol. The summed E-state index contributed by atoms with van der Waals surface area (Å²) >= 11 is 0. The fourth-order valence-electron chi connectivity index (χ4n) is 1.21. The Kier molecular flexibility index (Phi) is 8.57. The second-order valence-corrected chi connectivity index (χ2v) is 3.93. The van der Waals surface area contributed by atoms with Crippen LogP contribution in [0, 0.1) is 0 Å². The number of hydrogen-bond donors (Lipinski definition) is 2. The highest BCUT2D eigenvalue weighted by Gasteiger charge is 2.09. The number of hydrogen-bond acceptors (Lipinski definition) is 4. The minimum Gasteiger partial charge on any atom is -0.478 e. The Morgan fingerprint density at radius 1 is 1.00 bits per heavy atom. The van der Waals surface area contributed by atoms with E-state index >= 15 is 0 Å². The molecule has 0 aromatic heterocycles. The highest BCUT2D eigenvalue weighted by atomic mass is 16.5. The average molecular weight is 256 g/mol. The van der Waals surface area contributed by atoms with Gasteiger partial charge in [-0.1, -0.05) is 13.2 Å². The maximum atomic E-state index is 11.4. The molecule has 102 valence electrons. The summed E-state index contributed by atoms with van der Waals surface area (Å²) < 4.78 is 4.93. The molecule has 0 saturated heterocycles. The number of ether oxygens (including phenoxy) is 1. The molecule has 18 heavy (non-hydrogen) atoms. The molecule has 0 aliphatic heterocycles. The van der Waals surface area contributed by atoms with E-state index in [1.807, 2.05) is 0 Å². The fraction of sp³-hybridized carbons (Fsp3) is 0.538. The third-order valence-electron chi connectivity index (χ3n) is 2.33. The van der Waals surface area contributed by atoms with Crippen LogP contribution in [0.15, 0.2) is 24.3 Å². The zero-order valence-corrected chi connectivity index (χ0v) is 10.5. The van der Waals surface area contributed by atoms with Gasteiger partial charge in [0.2, 0.25) is 0 Å². The van der Waals surface area contributed by atoms with Gasteiger partial charge in [0.15, 0.2) is 0 Å². The second-order valence-electron chi connectivity index (χ2n) is 3.93. The molecule has 2 N–H and O–H groups in total. The van der Waals surface area contributed by atoms with E-state index in [2.05, 4.69) is 13.2 Å². The van der Waals surface area contributed by atoms with E-state index in [0.717, 1.165) is 0 Å². The lowest BCUT2D eigenvalue weighted by molar-refractivity contribution is -0.139. The van der Waals surface area contributed by atoms with Gasteiger partial charge in [-0.15, -0.1) is 0 Å². The molecule has 0 aliphatic rings. The Labute approximate surface area is 107 Å². The SMILES string of the molecule is C=C(CCCOC(=O)C(=C)CCCCO)C(=O)O. The van der Waals surface area contributed by atoms with Gasteiger partial charge >= 0.3 is 11.9 Å². The maximum absolute atomic E-state index is 11.4. The molecule has 0 amide bonds. The van der Waals surface area contributed by atoms with Gasteiger partial charge in [-0.25, -0.2) is 9.59 Å². The molecule has 0 bridgehead atoms. The lowest BCUT2D eigenvalue weighted by Gasteiger charge is -2.06. The molecule has 0 atom stereocenters. The smallest absolute Gasteiger partial charge is 0.333 e. The van der Waals surface area contributed by atoms with Crippen LogP contribution in [-0.2, 0) is 14.3 Å². The van der Waals surface area contributed by atoms with Crippen LogP contribution in [0.2, 0.25) is 0 Å². The number of carboxylic acid groups (broad SMARTS) is 1. The average Bonchev–Trinajstić information content (AvgIpc) is 2.33. The van der Waals surface area contributed by atoms with E-state index in [1.165, 1.54) is 0 Å². The van der Waals surface area contributed by atoms with Crippen LogP contribution in [0.4, 0.5) is 0 Å². The van der Waals surface area contributed by atoms with Crippen LogP contribution in [0.25, 0.3) is 0 Å². The molecule has 5 nitrogen and oxygen atoms in total. The summed E-state index contributed by atoms with van der Waals surface area (Å²) in [6, 6.07) is 0. The lowest BCUT2D eigenvalue weighted by Crippen LogP contribution is -2.09. The van der Waals surface area contributed by atoms with Gasteiger partial charge in [0.25, 0.3) is 0 Å². The van der Waals surface area contributed by atoms with Gasteiger partial charge in [-0.2, -0.15) is 0 Å². The molecule has 0 fully saturated rings. The van der Waals surface area contributed by atoms with Gasteiger partial charge in [0.05, 0.1) is 6.61 Å². The van der Waals surface area contributed by atoms with E-state index in [1.54, 1.807) is 0 Å². The second kappa shape index (κ2) is 9.41. The Hall–Kier alpha value is -1.62. The molecule has 0 aromatic rings. The molecule has 0 heterocycles. The number of carboxylic acids is 1. The van der Waals surface area contributed by atoms with Crippen molar-refractivity contribution in [1.29, 1.82) is 0 Å². The molecule has 0 radical (unpaired) electrons. The summed E-state index contributed by atoms with van der Waals surface area (Å²) in [5, 5.41) is 17.1. The van der Waals surface area contributed by atoms with Crippen molar-refractivity contribution in [2.24, 2.45) is 0 Å². The van der Waals surface area contributed by atoms with Crippen molar-refractivity contribution in [2.75, 3.05) is 13.2 Å². The van der Waals surface area contributed by atoms with E-state index in [4.69, 9.17) is 14.9 Å². The number of unbranched alkanes of at least 4 members (excludes halogenated alkanes) is 1. The number of rotatable bonds is 10. The van der Waals surface area contributed by atoms with Crippen molar-refractivity contribution >= 4 is 11.9 Å². The number of esters is 1. The van der Waals surface area contributed by atoms with Gasteiger partial charge in [0.1, 0.15) is 0 Å². The first-order valence-electron chi connectivity index (χ1n) is 5.86. The summed E-state index contributed by atoms with van der Waals surface area (Å²) in [6.45, 7) is 7.23. The summed E-state index contributed by atoms with van der Waals surface area (Å²) in [5.74, 6) is -1.50. The van der Waals surface area contributed by atoms with E-state index in [0.29, 0.717) is 37.7 Å². The molecular weight excluding hydrogens is 236 g/mol. The normalized spacial score (nSPS) is 9.83. The molecular formula is C13H20O5. The maximum Gasteiger partial charge on any atom is 0.333 e. The van der Waals surface area contributed by atoms with Crippen molar-refractivity contribution in [3.63, 3.8) is 0 Å². The van der Waals surface area contributed by atoms with Crippen LogP contribution >= 0.6 is 0 Å². The molecule has 5 heteroatoms. The van der Waals surface area contributed by atoms with Gasteiger partial charge in [-0.3, -0.25) is 0 Å². The summed E-state index contributed by atoms with van der Waals surface area (Å²) in [4.78, 5) is 21.8. The third-order valence-corrected chi connectivity index (χ3v) is 2.33. The fourth-order valence-corrected chi connectivity index (χ4v) is 1.21. The molecule has 0 saturated carbocycles. The summed E-state index contributed by atoms with van der Waals surface area (Å²) in [7, 11) is 0. The molecule has 0 spiro atoms. The number of carbonyl (C=O) groups excluding carboxylic acids is 1. The first kappa shape index (κ1) is 16.4.